The van der Waals surface area contributed by atoms with Crippen LogP contribution in [0.3, 0.4) is 0 Å². The van der Waals surface area contributed by atoms with E-state index < -0.39 is 0 Å². The van der Waals surface area contributed by atoms with Gasteiger partial charge in [0.25, 0.3) is 5.91 Å². The summed E-state index contributed by atoms with van der Waals surface area (Å²) in [4.78, 5) is 12.9. The van der Waals surface area contributed by atoms with E-state index in [4.69, 9.17) is 9.15 Å². The highest BCUT2D eigenvalue weighted by atomic mass is 19.1. The van der Waals surface area contributed by atoms with E-state index in [2.05, 4.69) is 5.32 Å². The van der Waals surface area contributed by atoms with Crippen LogP contribution in [-0.2, 0) is 13.1 Å². The molecule has 0 unspecified atom stereocenters. The van der Waals surface area contributed by atoms with Crippen LogP contribution in [0, 0.1) is 5.82 Å². The van der Waals surface area contributed by atoms with Crippen molar-refractivity contribution < 1.29 is 18.3 Å². The van der Waals surface area contributed by atoms with Crippen LogP contribution < -0.4 is 10.1 Å². The van der Waals surface area contributed by atoms with Gasteiger partial charge in [0.2, 0.25) is 0 Å². The highest BCUT2D eigenvalue weighted by Crippen LogP contribution is 2.23. The number of nitrogens with zero attached hydrogens (tertiary/aromatic N) is 1. The molecule has 142 valence electrons. The number of amides is 1. The summed E-state index contributed by atoms with van der Waals surface area (Å²) in [6, 6.07) is 17.4. The maximum Gasteiger partial charge on any atom is 0.268 e. The Labute approximate surface area is 161 Å². The number of rotatable bonds is 6. The van der Waals surface area contributed by atoms with Crippen molar-refractivity contribution >= 4 is 17.0 Å². The van der Waals surface area contributed by atoms with Gasteiger partial charge in [0.15, 0.2) is 5.58 Å². The van der Waals surface area contributed by atoms with Crippen molar-refractivity contribution in [2.75, 3.05) is 7.11 Å². The van der Waals surface area contributed by atoms with Crippen molar-refractivity contribution in [3.63, 3.8) is 0 Å². The maximum absolute atomic E-state index is 13.6. The quantitative estimate of drug-likeness (QED) is 0.542. The summed E-state index contributed by atoms with van der Waals surface area (Å²) in [5, 5.41) is 2.92. The standard InChI is InChI=1S/C22H19FN2O3/c1-27-20-8-3-2-6-16(20)13-24-22(26)19-12-21-18(9-10-28-21)25(19)14-15-5-4-7-17(23)11-15/h2-12H,13-14H2,1H3,(H,24,26). The van der Waals surface area contributed by atoms with Gasteiger partial charge in [-0.25, -0.2) is 4.39 Å². The average Bonchev–Trinajstić information content (AvgIpc) is 3.29. The number of para-hydroxylation sites is 1. The van der Waals surface area contributed by atoms with Gasteiger partial charge in [-0.2, -0.15) is 0 Å². The number of benzene rings is 2. The zero-order chi connectivity index (χ0) is 19.5. The molecule has 0 aliphatic carbocycles. The summed E-state index contributed by atoms with van der Waals surface area (Å²) in [7, 11) is 1.60. The van der Waals surface area contributed by atoms with Crippen LogP contribution in [-0.4, -0.2) is 17.6 Å². The Kier molecular flexibility index (Phi) is 4.85. The van der Waals surface area contributed by atoms with Gasteiger partial charge in [-0.05, 0) is 23.8 Å². The third kappa shape index (κ3) is 3.49. The SMILES string of the molecule is COc1ccccc1CNC(=O)c1cc2occc2n1Cc1cccc(F)c1. The van der Waals surface area contributed by atoms with Gasteiger partial charge in [0.05, 0.1) is 18.9 Å². The van der Waals surface area contributed by atoms with E-state index in [1.165, 1.54) is 12.1 Å². The van der Waals surface area contributed by atoms with Crippen molar-refractivity contribution in [1.29, 1.82) is 0 Å². The van der Waals surface area contributed by atoms with Crippen LogP contribution in [0.25, 0.3) is 11.1 Å². The van der Waals surface area contributed by atoms with E-state index in [-0.39, 0.29) is 11.7 Å². The second-order valence-electron chi connectivity index (χ2n) is 6.41. The lowest BCUT2D eigenvalue weighted by molar-refractivity contribution is 0.0942. The highest BCUT2D eigenvalue weighted by molar-refractivity contribution is 5.97. The molecule has 1 amide bonds. The topological polar surface area (TPSA) is 56.4 Å². The number of nitrogens with one attached hydrogen (secondary N) is 1. The molecule has 0 bridgehead atoms. The smallest absolute Gasteiger partial charge is 0.268 e. The van der Waals surface area contributed by atoms with E-state index in [1.54, 1.807) is 31.6 Å². The number of furan rings is 1. The molecule has 0 atom stereocenters. The first-order valence-corrected chi connectivity index (χ1v) is 8.87. The molecule has 0 radical (unpaired) electrons. The number of halogens is 1. The summed E-state index contributed by atoms with van der Waals surface area (Å²) >= 11 is 0. The number of fused-ring (bicyclic) bond motifs is 1. The average molecular weight is 378 g/mol. The van der Waals surface area contributed by atoms with Gasteiger partial charge < -0.3 is 19.0 Å². The zero-order valence-electron chi connectivity index (χ0n) is 15.3. The van der Waals surface area contributed by atoms with Crippen LogP contribution in [0.5, 0.6) is 5.75 Å². The van der Waals surface area contributed by atoms with Gasteiger partial charge >= 0.3 is 0 Å². The van der Waals surface area contributed by atoms with Crippen molar-refractivity contribution in [2.45, 2.75) is 13.1 Å². The first-order valence-electron chi connectivity index (χ1n) is 8.87. The number of carbonyl (C=O) groups excluding carboxylic acids is 1. The molecule has 4 rings (SSSR count). The van der Waals surface area contributed by atoms with E-state index in [9.17, 15) is 9.18 Å². The summed E-state index contributed by atoms with van der Waals surface area (Å²) < 4.78 is 26.2. The number of hydrogen-bond acceptors (Lipinski definition) is 3. The normalized spacial score (nSPS) is 10.9. The first-order chi connectivity index (χ1) is 13.7. The van der Waals surface area contributed by atoms with Gasteiger partial charge in [-0.1, -0.05) is 30.3 Å². The minimum Gasteiger partial charge on any atom is -0.496 e. The number of methoxy groups -OCH3 is 1. The molecule has 0 aliphatic heterocycles. The van der Waals surface area contributed by atoms with Crippen molar-refractivity contribution in [3.8, 4) is 5.75 Å². The van der Waals surface area contributed by atoms with Crippen LogP contribution >= 0.6 is 0 Å². The van der Waals surface area contributed by atoms with Gasteiger partial charge in [-0.3, -0.25) is 4.79 Å². The molecule has 1 N–H and O–H groups in total. The third-order valence-electron chi connectivity index (χ3n) is 4.62. The lowest BCUT2D eigenvalue weighted by atomic mass is 10.2. The zero-order valence-corrected chi connectivity index (χ0v) is 15.3. The van der Waals surface area contributed by atoms with Crippen molar-refractivity contribution in [1.82, 2.24) is 9.88 Å². The number of ether oxygens (including phenoxy) is 1. The molecule has 0 aliphatic rings. The number of aromatic nitrogens is 1. The molecule has 4 aromatic rings. The van der Waals surface area contributed by atoms with E-state index in [0.29, 0.717) is 30.1 Å². The Morgan fingerprint density at radius 3 is 2.82 bits per heavy atom. The van der Waals surface area contributed by atoms with E-state index >= 15 is 0 Å². The predicted octanol–water partition coefficient (Wildman–Crippen LogP) is 4.36. The molecule has 2 aromatic heterocycles. The molecule has 0 fully saturated rings. The first kappa shape index (κ1) is 17.9. The van der Waals surface area contributed by atoms with Crippen molar-refractivity contribution in [3.05, 3.63) is 89.6 Å². The second-order valence-corrected chi connectivity index (χ2v) is 6.41. The van der Waals surface area contributed by atoms with Crippen LogP contribution in [0.2, 0.25) is 0 Å². The Balaban J connectivity index is 1.61. The molecular weight excluding hydrogens is 359 g/mol. The fourth-order valence-electron chi connectivity index (χ4n) is 3.27. The predicted molar refractivity (Wildman–Crippen MR) is 104 cm³/mol. The molecule has 2 aromatic carbocycles. The van der Waals surface area contributed by atoms with Gasteiger partial charge in [0, 0.05) is 30.8 Å². The monoisotopic (exact) mass is 378 g/mol. The highest BCUT2D eigenvalue weighted by Gasteiger charge is 2.18. The molecule has 6 heteroatoms. The Bertz CT molecular complexity index is 1130. The summed E-state index contributed by atoms with van der Waals surface area (Å²) in [6.07, 6.45) is 1.57. The fraction of sp³-hybridized carbons (Fsp3) is 0.136. The van der Waals surface area contributed by atoms with Gasteiger partial charge in [0.1, 0.15) is 17.3 Å². The molecule has 0 saturated carbocycles. The second kappa shape index (κ2) is 7.60. The van der Waals surface area contributed by atoms with Crippen LogP contribution in [0.4, 0.5) is 4.39 Å². The summed E-state index contributed by atoms with van der Waals surface area (Å²) in [6.45, 7) is 0.688. The molecule has 0 spiro atoms. The van der Waals surface area contributed by atoms with Gasteiger partial charge in [-0.15, -0.1) is 0 Å². The molecule has 5 nitrogen and oxygen atoms in total. The molecule has 28 heavy (non-hydrogen) atoms. The van der Waals surface area contributed by atoms with E-state index in [1.807, 2.05) is 34.9 Å². The number of carbonyl (C=O) groups is 1. The Morgan fingerprint density at radius 2 is 2.00 bits per heavy atom. The fourth-order valence-corrected chi connectivity index (χ4v) is 3.27. The van der Waals surface area contributed by atoms with Crippen LogP contribution in [0.1, 0.15) is 21.6 Å². The van der Waals surface area contributed by atoms with E-state index in [0.717, 1.165) is 16.6 Å². The minimum absolute atomic E-state index is 0.242. The largest absolute Gasteiger partial charge is 0.496 e. The molecular formula is C22H19FN2O3. The summed E-state index contributed by atoms with van der Waals surface area (Å²) in [5.74, 6) is 0.163. The molecule has 2 heterocycles. The Morgan fingerprint density at radius 1 is 1.14 bits per heavy atom. The minimum atomic E-state index is -0.310. The van der Waals surface area contributed by atoms with Crippen LogP contribution in [0.15, 0.2) is 71.3 Å². The molecule has 0 saturated heterocycles. The third-order valence-corrected chi connectivity index (χ3v) is 4.62. The van der Waals surface area contributed by atoms with Crippen molar-refractivity contribution in [2.24, 2.45) is 0 Å². The lowest BCUT2D eigenvalue weighted by Gasteiger charge is -2.12. The number of hydrogen-bond donors (Lipinski definition) is 1. The Hall–Kier alpha value is -3.54. The summed E-state index contributed by atoms with van der Waals surface area (Å²) in [5.41, 5.74) is 3.49. The maximum atomic E-state index is 13.6. The lowest BCUT2D eigenvalue weighted by Crippen LogP contribution is -2.25.